The van der Waals surface area contributed by atoms with Gasteiger partial charge in [-0.3, -0.25) is 4.79 Å². The van der Waals surface area contributed by atoms with Crippen molar-refractivity contribution in [2.24, 2.45) is 0 Å². The minimum absolute atomic E-state index is 0.0612. The number of thiophene rings is 1. The highest BCUT2D eigenvalue weighted by atomic mass is 32.2. The number of rotatable bonds is 6. The third-order valence-corrected chi connectivity index (χ3v) is 4.74. The van der Waals surface area contributed by atoms with Gasteiger partial charge in [0.2, 0.25) is 11.0 Å². The Hall–Kier alpha value is -1.18. The van der Waals surface area contributed by atoms with Crippen molar-refractivity contribution in [1.82, 2.24) is 10.2 Å². The number of carbonyl (C=O) groups excluding carboxylic acids is 1. The zero-order valence-electron chi connectivity index (χ0n) is 9.46. The van der Waals surface area contributed by atoms with E-state index in [-0.39, 0.29) is 5.91 Å². The van der Waals surface area contributed by atoms with Gasteiger partial charge in [-0.2, -0.15) is 0 Å². The van der Waals surface area contributed by atoms with Crippen molar-refractivity contribution >= 4 is 45.5 Å². The van der Waals surface area contributed by atoms with Crippen LogP contribution >= 0.6 is 34.4 Å². The summed E-state index contributed by atoms with van der Waals surface area (Å²) < 4.78 is 0.835. The minimum atomic E-state index is -0.0612. The Morgan fingerprint density at radius 2 is 2.44 bits per heavy atom. The fourth-order valence-corrected chi connectivity index (χ4v) is 3.42. The average molecular weight is 297 g/mol. The fraction of sp³-hybridized carbons (Fsp3) is 0.182. The lowest BCUT2D eigenvalue weighted by atomic mass is 10.3. The molecule has 2 rings (SSSR count). The maximum Gasteiger partial charge on any atom is 0.231 e. The van der Waals surface area contributed by atoms with Crippen LogP contribution < -0.4 is 5.32 Å². The van der Waals surface area contributed by atoms with Gasteiger partial charge in [-0.05, 0) is 11.4 Å². The molecule has 0 aliphatic carbocycles. The molecule has 0 bridgehead atoms. The maximum absolute atomic E-state index is 11.7. The van der Waals surface area contributed by atoms with Gasteiger partial charge in [-0.1, -0.05) is 35.2 Å². The van der Waals surface area contributed by atoms with E-state index in [9.17, 15) is 4.79 Å². The van der Waals surface area contributed by atoms with Gasteiger partial charge in [0.05, 0.1) is 6.42 Å². The van der Waals surface area contributed by atoms with E-state index >= 15 is 0 Å². The number of hydrogen-bond acceptors (Lipinski definition) is 6. The zero-order valence-corrected chi connectivity index (χ0v) is 11.9. The third kappa shape index (κ3) is 3.94. The van der Waals surface area contributed by atoms with Crippen LogP contribution in [0.5, 0.6) is 0 Å². The molecule has 94 valence electrons. The first-order valence-electron chi connectivity index (χ1n) is 5.17. The van der Waals surface area contributed by atoms with Crippen molar-refractivity contribution < 1.29 is 4.79 Å². The van der Waals surface area contributed by atoms with E-state index in [0.717, 1.165) is 15.0 Å². The quantitative estimate of drug-likeness (QED) is 0.506. The number of carbonyl (C=O) groups is 1. The first-order valence-corrected chi connectivity index (χ1v) is 7.85. The number of hydrogen-bond donors (Lipinski definition) is 1. The Bertz CT molecular complexity index is 521. The molecule has 0 fully saturated rings. The van der Waals surface area contributed by atoms with Gasteiger partial charge in [0.15, 0.2) is 4.34 Å². The summed E-state index contributed by atoms with van der Waals surface area (Å²) in [5.74, 6) is 0.728. The molecule has 0 radical (unpaired) electrons. The second-order valence-corrected chi connectivity index (χ2v) is 6.55. The molecule has 18 heavy (non-hydrogen) atoms. The molecule has 1 N–H and O–H groups in total. The van der Waals surface area contributed by atoms with Gasteiger partial charge in [-0.15, -0.1) is 28.1 Å². The topological polar surface area (TPSA) is 54.9 Å². The summed E-state index contributed by atoms with van der Waals surface area (Å²) in [6, 6.07) is 3.87. The molecule has 0 atom stereocenters. The molecule has 2 aromatic heterocycles. The Labute approximate surface area is 117 Å². The molecule has 0 aromatic carbocycles. The average Bonchev–Trinajstić information content (AvgIpc) is 2.98. The molecule has 2 heterocycles. The van der Waals surface area contributed by atoms with Crippen LogP contribution in [0.4, 0.5) is 5.13 Å². The van der Waals surface area contributed by atoms with E-state index in [1.165, 1.54) is 11.3 Å². The van der Waals surface area contributed by atoms with E-state index in [1.54, 1.807) is 29.2 Å². The van der Waals surface area contributed by atoms with Crippen molar-refractivity contribution in [3.05, 3.63) is 35.0 Å². The highest BCUT2D eigenvalue weighted by Crippen LogP contribution is 2.25. The number of anilines is 1. The number of nitrogens with one attached hydrogen (secondary N) is 1. The second kappa shape index (κ2) is 6.67. The van der Waals surface area contributed by atoms with Gasteiger partial charge in [0.1, 0.15) is 0 Å². The molecule has 0 unspecified atom stereocenters. The summed E-state index contributed by atoms with van der Waals surface area (Å²) in [6.07, 6.45) is 2.19. The van der Waals surface area contributed by atoms with Crippen LogP contribution in [0.1, 0.15) is 4.88 Å². The third-order valence-electron chi connectivity index (χ3n) is 1.89. The van der Waals surface area contributed by atoms with E-state index in [2.05, 4.69) is 22.1 Å². The Kier molecular flexibility index (Phi) is 4.91. The number of nitrogens with zero attached hydrogens (tertiary/aromatic N) is 2. The molecule has 0 saturated carbocycles. The molecule has 4 nitrogen and oxygen atoms in total. The van der Waals surface area contributed by atoms with Crippen molar-refractivity contribution in [1.29, 1.82) is 0 Å². The van der Waals surface area contributed by atoms with Crippen LogP contribution in [0.25, 0.3) is 0 Å². The molecule has 0 aliphatic heterocycles. The lowest BCUT2D eigenvalue weighted by Crippen LogP contribution is -2.13. The van der Waals surface area contributed by atoms with Crippen LogP contribution in [-0.4, -0.2) is 21.9 Å². The van der Waals surface area contributed by atoms with Crippen molar-refractivity contribution in [2.75, 3.05) is 11.1 Å². The molecule has 0 aliphatic rings. The standard InChI is InChI=1S/C11H11N3OS3/c1-2-5-17-11-14-13-10(18-11)12-9(15)7-8-4-3-6-16-8/h2-4,6H,1,5,7H2,(H,12,13,15). The van der Waals surface area contributed by atoms with Crippen molar-refractivity contribution in [3.63, 3.8) is 0 Å². The molecule has 2 aromatic rings. The van der Waals surface area contributed by atoms with Crippen LogP contribution in [0.2, 0.25) is 0 Å². The predicted molar refractivity (Wildman–Crippen MR) is 77.5 cm³/mol. The Balaban J connectivity index is 1.87. The predicted octanol–water partition coefficient (Wildman–Crippen LogP) is 3.06. The molecule has 0 saturated heterocycles. The van der Waals surface area contributed by atoms with Crippen LogP contribution in [0.15, 0.2) is 34.5 Å². The van der Waals surface area contributed by atoms with Crippen LogP contribution in [0.3, 0.4) is 0 Å². The van der Waals surface area contributed by atoms with Gasteiger partial charge in [-0.25, -0.2) is 0 Å². The van der Waals surface area contributed by atoms with Crippen LogP contribution in [-0.2, 0) is 11.2 Å². The maximum atomic E-state index is 11.7. The number of thioether (sulfide) groups is 1. The monoisotopic (exact) mass is 297 g/mol. The fourth-order valence-electron chi connectivity index (χ4n) is 1.18. The van der Waals surface area contributed by atoms with E-state index in [4.69, 9.17) is 0 Å². The van der Waals surface area contributed by atoms with Gasteiger partial charge >= 0.3 is 0 Å². The van der Waals surface area contributed by atoms with Gasteiger partial charge < -0.3 is 5.32 Å². The van der Waals surface area contributed by atoms with E-state index < -0.39 is 0 Å². The lowest BCUT2D eigenvalue weighted by Gasteiger charge is -1.98. The molecule has 1 amide bonds. The summed E-state index contributed by atoms with van der Waals surface area (Å²) in [7, 11) is 0. The smallest absolute Gasteiger partial charge is 0.231 e. The van der Waals surface area contributed by atoms with Crippen molar-refractivity contribution in [2.45, 2.75) is 10.8 Å². The minimum Gasteiger partial charge on any atom is -0.300 e. The summed E-state index contributed by atoms with van der Waals surface area (Å²) in [6.45, 7) is 3.64. The van der Waals surface area contributed by atoms with E-state index in [1.807, 2.05) is 17.5 Å². The SMILES string of the molecule is C=CCSc1nnc(NC(=O)Cc2cccs2)s1. The zero-order chi connectivity index (χ0) is 12.8. The summed E-state index contributed by atoms with van der Waals surface area (Å²) in [5.41, 5.74) is 0. The van der Waals surface area contributed by atoms with Crippen LogP contribution in [0, 0.1) is 0 Å². The van der Waals surface area contributed by atoms with Gasteiger partial charge in [0, 0.05) is 10.6 Å². The number of amides is 1. The Morgan fingerprint density at radius 1 is 1.56 bits per heavy atom. The number of aromatic nitrogens is 2. The summed E-state index contributed by atoms with van der Waals surface area (Å²) in [5, 5.41) is 13.1. The summed E-state index contributed by atoms with van der Waals surface area (Å²) in [4.78, 5) is 12.8. The molecule has 0 spiro atoms. The highest BCUT2D eigenvalue weighted by Gasteiger charge is 2.09. The van der Waals surface area contributed by atoms with Crippen molar-refractivity contribution in [3.8, 4) is 0 Å². The Morgan fingerprint density at radius 3 is 3.17 bits per heavy atom. The first-order chi connectivity index (χ1) is 8.78. The normalized spacial score (nSPS) is 10.2. The lowest BCUT2D eigenvalue weighted by molar-refractivity contribution is -0.115. The molecular weight excluding hydrogens is 286 g/mol. The van der Waals surface area contributed by atoms with E-state index in [0.29, 0.717) is 11.6 Å². The van der Waals surface area contributed by atoms with Gasteiger partial charge in [0.25, 0.3) is 0 Å². The molecule has 7 heteroatoms. The largest absolute Gasteiger partial charge is 0.300 e. The molecular formula is C11H11N3OS3. The first kappa shape index (κ1) is 13.3. The summed E-state index contributed by atoms with van der Waals surface area (Å²) >= 11 is 4.50. The second-order valence-electron chi connectivity index (χ2n) is 3.28. The highest BCUT2D eigenvalue weighted by molar-refractivity contribution is 8.01.